The van der Waals surface area contributed by atoms with Crippen molar-refractivity contribution in [1.29, 1.82) is 0 Å². The van der Waals surface area contributed by atoms with E-state index in [2.05, 4.69) is 28.2 Å². The molecule has 4 nitrogen and oxygen atoms in total. The first kappa shape index (κ1) is 12.2. The molecule has 0 spiro atoms. The largest absolute Gasteiger partial charge is 0.360 e. The summed E-state index contributed by atoms with van der Waals surface area (Å²) in [6, 6.07) is 2.71. The van der Waals surface area contributed by atoms with Crippen molar-refractivity contribution in [3.05, 3.63) is 17.5 Å². The number of hydrogen-bond acceptors (Lipinski definition) is 4. The Morgan fingerprint density at radius 1 is 1.65 bits per heavy atom. The van der Waals surface area contributed by atoms with Crippen molar-refractivity contribution in [3.63, 3.8) is 0 Å². The molecule has 1 aromatic heterocycles. The van der Waals surface area contributed by atoms with E-state index in [4.69, 9.17) is 10.9 Å². The minimum Gasteiger partial charge on any atom is -0.360 e. The minimum atomic E-state index is 0.646. The summed E-state index contributed by atoms with van der Waals surface area (Å²) in [5.41, 5.74) is 0.976. The van der Waals surface area contributed by atoms with Gasteiger partial charge in [0, 0.05) is 18.7 Å². The fourth-order valence-corrected chi connectivity index (χ4v) is 1.68. The summed E-state index contributed by atoms with van der Waals surface area (Å²) in [4.78, 5) is 2.14. The molecular formula is C13H19N3O. The Bertz CT molecular complexity index is 390. The predicted molar refractivity (Wildman–Crippen MR) is 66.1 cm³/mol. The van der Waals surface area contributed by atoms with E-state index in [-0.39, 0.29) is 0 Å². The molecule has 0 saturated heterocycles. The molecule has 17 heavy (non-hydrogen) atoms. The molecule has 4 heteroatoms. The first-order chi connectivity index (χ1) is 8.31. The molecule has 1 saturated carbocycles. The smallest absolute Gasteiger partial charge is 0.151 e. The van der Waals surface area contributed by atoms with Crippen LogP contribution in [0.5, 0.6) is 0 Å². The van der Waals surface area contributed by atoms with Gasteiger partial charge in [-0.2, -0.15) is 0 Å². The van der Waals surface area contributed by atoms with E-state index < -0.39 is 0 Å². The van der Waals surface area contributed by atoms with E-state index in [9.17, 15) is 0 Å². The molecule has 1 N–H and O–H groups in total. The molecule has 0 bridgehead atoms. The van der Waals surface area contributed by atoms with E-state index in [1.807, 2.05) is 6.07 Å². The van der Waals surface area contributed by atoms with Gasteiger partial charge in [0.25, 0.3) is 0 Å². The van der Waals surface area contributed by atoms with Crippen LogP contribution in [0.2, 0.25) is 0 Å². The third-order valence-corrected chi connectivity index (χ3v) is 2.90. The Morgan fingerprint density at radius 2 is 2.47 bits per heavy atom. The van der Waals surface area contributed by atoms with Gasteiger partial charge in [0.15, 0.2) is 5.76 Å². The highest BCUT2D eigenvalue weighted by Crippen LogP contribution is 2.19. The Balaban J connectivity index is 1.81. The predicted octanol–water partition coefficient (Wildman–Crippen LogP) is 1.38. The zero-order chi connectivity index (χ0) is 12.1. The van der Waals surface area contributed by atoms with Gasteiger partial charge in [-0.3, -0.25) is 4.90 Å². The summed E-state index contributed by atoms with van der Waals surface area (Å²) >= 11 is 0. The van der Waals surface area contributed by atoms with Gasteiger partial charge < -0.3 is 9.84 Å². The average molecular weight is 233 g/mol. The molecule has 1 heterocycles. The van der Waals surface area contributed by atoms with Crippen molar-refractivity contribution in [2.45, 2.75) is 38.9 Å². The summed E-state index contributed by atoms with van der Waals surface area (Å²) < 4.78 is 5.30. The standard InChI is InChI=1S/C13H19N3O/c1-3-7-16(4-2)10-13-8-12(15-17-13)9-14-11-5-6-11/h1,8,11,14H,4-7,9-10H2,2H3. The quantitative estimate of drug-likeness (QED) is 0.722. The highest BCUT2D eigenvalue weighted by Gasteiger charge is 2.20. The second-order valence-electron chi connectivity index (χ2n) is 4.45. The Hall–Kier alpha value is -1.31. The van der Waals surface area contributed by atoms with Gasteiger partial charge in [0.1, 0.15) is 0 Å². The van der Waals surface area contributed by atoms with Crippen molar-refractivity contribution >= 4 is 0 Å². The highest BCUT2D eigenvalue weighted by atomic mass is 16.5. The topological polar surface area (TPSA) is 41.3 Å². The molecule has 92 valence electrons. The maximum Gasteiger partial charge on any atom is 0.151 e. The third kappa shape index (κ3) is 3.88. The summed E-state index contributed by atoms with van der Waals surface area (Å²) in [6.45, 7) is 5.18. The highest BCUT2D eigenvalue weighted by molar-refractivity contribution is 5.06. The second-order valence-corrected chi connectivity index (χ2v) is 4.45. The molecular weight excluding hydrogens is 214 g/mol. The van der Waals surface area contributed by atoms with Crippen LogP contribution in [0.25, 0.3) is 0 Å². The van der Waals surface area contributed by atoms with E-state index >= 15 is 0 Å². The van der Waals surface area contributed by atoms with Crippen LogP contribution in [0.3, 0.4) is 0 Å². The van der Waals surface area contributed by atoms with Gasteiger partial charge in [-0.1, -0.05) is 18.0 Å². The van der Waals surface area contributed by atoms with Crippen LogP contribution in [0.4, 0.5) is 0 Å². The number of hydrogen-bond donors (Lipinski definition) is 1. The van der Waals surface area contributed by atoms with Gasteiger partial charge >= 0.3 is 0 Å². The van der Waals surface area contributed by atoms with Gasteiger partial charge in [-0.05, 0) is 19.4 Å². The Morgan fingerprint density at radius 3 is 3.12 bits per heavy atom. The molecule has 2 rings (SSSR count). The molecule has 0 amide bonds. The third-order valence-electron chi connectivity index (χ3n) is 2.90. The van der Waals surface area contributed by atoms with E-state index in [0.717, 1.165) is 31.1 Å². The zero-order valence-electron chi connectivity index (χ0n) is 10.3. The lowest BCUT2D eigenvalue weighted by Gasteiger charge is -2.14. The van der Waals surface area contributed by atoms with Crippen LogP contribution >= 0.6 is 0 Å². The lowest BCUT2D eigenvalue weighted by Crippen LogP contribution is -2.22. The Labute approximate surface area is 102 Å². The maximum atomic E-state index is 5.30. The molecule has 0 aromatic carbocycles. The summed E-state index contributed by atoms with van der Waals surface area (Å²) in [5, 5.41) is 7.46. The average Bonchev–Trinajstić information content (AvgIpc) is 3.06. The van der Waals surface area contributed by atoms with Crippen LogP contribution in [-0.4, -0.2) is 29.2 Å². The van der Waals surface area contributed by atoms with Crippen molar-refractivity contribution in [1.82, 2.24) is 15.4 Å². The van der Waals surface area contributed by atoms with Gasteiger partial charge in [0.2, 0.25) is 0 Å². The monoisotopic (exact) mass is 233 g/mol. The molecule has 0 unspecified atom stereocenters. The molecule has 0 atom stereocenters. The number of aromatic nitrogens is 1. The summed E-state index contributed by atoms with van der Waals surface area (Å²) in [7, 11) is 0. The van der Waals surface area contributed by atoms with Crippen molar-refractivity contribution in [2.24, 2.45) is 0 Å². The normalized spacial score (nSPS) is 15.1. The van der Waals surface area contributed by atoms with Crippen molar-refractivity contribution in [3.8, 4) is 12.3 Å². The van der Waals surface area contributed by atoms with Crippen LogP contribution < -0.4 is 5.32 Å². The fourth-order valence-electron chi connectivity index (χ4n) is 1.68. The molecule has 1 fully saturated rings. The van der Waals surface area contributed by atoms with Crippen LogP contribution in [0, 0.1) is 12.3 Å². The first-order valence-corrected chi connectivity index (χ1v) is 6.15. The molecule has 1 aliphatic rings. The Kier molecular flexibility index (Phi) is 4.18. The van der Waals surface area contributed by atoms with E-state index in [0.29, 0.717) is 12.6 Å². The number of nitrogens with zero attached hydrogens (tertiary/aromatic N) is 2. The maximum absolute atomic E-state index is 5.30. The van der Waals surface area contributed by atoms with Gasteiger partial charge in [0.05, 0.1) is 18.8 Å². The molecule has 1 aliphatic carbocycles. The lowest BCUT2D eigenvalue weighted by molar-refractivity contribution is 0.264. The summed E-state index contributed by atoms with van der Waals surface area (Å²) in [5.74, 6) is 3.53. The minimum absolute atomic E-state index is 0.646. The lowest BCUT2D eigenvalue weighted by atomic mass is 10.3. The van der Waals surface area contributed by atoms with Crippen LogP contribution in [-0.2, 0) is 13.1 Å². The molecule has 1 aromatic rings. The van der Waals surface area contributed by atoms with Gasteiger partial charge in [-0.25, -0.2) is 0 Å². The first-order valence-electron chi connectivity index (χ1n) is 6.15. The van der Waals surface area contributed by atoms with Crippen molar-refractivity contribution in [2.75, 3.05) is 13.1 Å². The SMILES string of the molecule is C#CCN(CC)Cc1cc(CNC2CC2)no1. The zero-order valence-corrected chi connectivity index (χ0v) is 10.3. The van der Waals surface area contributed by atoms with E-state index in [1.54, 1.807) is 0 Å². The van der Waals surface area contributed by atoms with Gasteiger partial charge in [-0.15, -0.1) is 6.42 Å². The van der Waals surface area contributed by atoms with E-state index in [1.165, 1.54) is 12.8 Å². The number of nitrogens with one attached hydrogen (secondary N) is 1. The number of terminal acetylenes is 1. The molecule has 0 radical (unpaired) electrons. The second kappa shape index (κ2) is 5.85. The molecule has 0 aliphatic heterocycles. The van der Waals surface area contributed by atoms with Crippen molar-refractivity contribution < 1.29 is 4.52 Å². The fraction of sp³-hybridized carbons (Fsp3) is 0.615. The van der Waals surface area contributed by atoms with Crippen LogP contribution in [0.15, 0.2) is 10.6 Å². The van der Waals surface area contributed by atoms with Crippen LogP contribution in [0.1, 0.15) is 31.2 Å². The number of rotatable bonds is 7. The summed E-state index contributed by atoms with van der Waals surface area (Å²) in [6.07, 6.45) is 7.88.